The van der Waals surface area contributed by atoms with Crippen molar-refractivity contribution in [2.75, 3.05) is 13.1 Å². The molecule has 1 heterocycles. The number of rotatable bonds is 1. The summed E-state index contributed by atoms with van der Waals surface area (Å²) < 4.78 is 0. The SMILES string of the molecule is CC(C(=O)N1CCC(N)C(C)(C)C1)C(C)(C)C.Cl. The molecule has 1 fully saturated rings. The fourth-order valence-corrected chi connectivity index (χ4v) is 2.21. The maximum Gasteiger partial charge on any atom is 0.225 e. The van der Waals surface area contributed by atoms with Gasteiger partial charge in [0.2, 0.25) is 5.91 Å². The third kappa shape index (κ3) is 3.86. The molecule has 3 nitrogen and oxygen atoms in total. The van der Waals surface area contributed by atoms with Crippen molar-refractivity contribution in [2.24, 2.45) is 22.5 Å². The van der Waals surface area contributed by atoms with E-state index in [1.54, 1.807) is 0 Å². The first-order valence-corrected chi connectivity index (χ1v) is 6.60. The molecule has 1 saturated heterocycles. The van der Waals surface area contributed by atoms with Crippen molar-refractivity contribution >= 4 is 18.3 Å². The van der Waals surface area contributed by atoms with E-state index >= 15 is 0 Å². The molecule has 2 atom stereocenters. The van der Waals surface area contributed by atoms with Crippen LogP contribution in [0, 0.1) is 16.7 Å². The second-order valence-electron chi connectivity index (χ2n) is 7.23. The van der Waals surface area contributed by atoms with Crippen LogP contribution in [0.4, 0.5) is 0 Å². The molecule has 1 aliphatic rings. The predicted octanol–water partition coefficient (Wildman–Crippen LogP) is 2.68. The predicted molar refractivity (Wildman–Crippen MR) is 78.8 cm³/mol. The summed E-state index contributed by atoms with van der Waals surface area (Å²) in [5.74, 6) is 0.338. The minimum atomic E-state index is 0. The van der Waals surface area contributed by atoms with Gasteiger partial charge in [-0.05, 0) is 17.3 Å². The molecule has 4 heteroatoms. The fourth-order valence-electron chi connectivity index (χ4n) is 2.21. The van der Waals surface area contributed by atoms with Gasteiger partial charge in [-0.15, -0.1) is 12.4 Å². The summed E-state index contributed by atoms with van der Waals surface area (Å²) in [5.41, 5.74) is 6.16. The molecule has 0 aromatic carbocycles. The van der Waals surface area contributed by atoms with Gasteiger partial charge in [-0.25, -0.2) is 0 Å². The van der Waals surface area contributed by atoms with Crippen LogP contribution in [0.15, 0.2) is 0 Å². The molecule has 1 aliphatic heterocycles. The maximum atomic E-state index is 12.4. The molecular weight excluding hydrogens is 248 g/mol. The Balaban J connectivity index is 0.00000289. The fraction of sp³-hybridized carbons (Fsp3) is 0.929. The van der Waals surface area contributed by atoms with Crippen molar-refractivity contribution in [3.05, 3.63) is 0 Å². The number of carbonyl (C=O) groups excluding carboxylic acids is 1. The number of carbonyl (C=O) groups is 1. The van der Waals surface area contributed by atoms with E-state index in [9.17, 15) is 4.79 Å². The van der Waals surface area contributed by atoms with Gasteiger partial charge in [-0.1, -0.05) is 41.5 Å². The van der Waals surface area contributed by atoms with Crippen LogP contribution in [0.25, 0.3) is 0 Å². The molecule has 0 aromatic rings. The summed E-state index contributed by atoms with van der Waals surface area (Å²) in [6.45, 7) is 14.3. The summed E-state index contributed by atoms with van der Waals surface area (Å²) in [6.07, 6.45) is 0.912. The highest BCUT2D eigenvalue weighted by Crippen LogP contribution is 2.32. The highest BCUT2D eigenvalue weighted by atomic mass is 35.5. The molecule has 2 N–H and O–H groups in total. The lowest BCUT2D eigenvalue weighted by Crippen LogP contribution is -2.55. The zero-order valence-electron chi connectivity index (χ0n) is 12.6. The molecule has 0 saturated carbocycles. The third-order valence-electron chi connectivity index (χ3n) is 4.29. The Morgan fingerprint density at radius 2 is 1.89 bits per heavy atom. The second kappa shape index (κ2) is 5.79. The van der Waals surface area contributed by atoms with Crippen LogP contribution in [-0.2, 0) is 4.79 Å². The average Bonchev–Trinajstić information content (AvgIpc) is 2.18. The molecule has 0 aliphatic carbocycles. The molecule has 18 heavy (non-hydrogen) atoms. The monoisotopic (exact) mass is 276 g/mol. The smallest absolute Gasteiger partial charge is 0.225 e. The highest BCUT2D eigenvalue weighted by Gasteiger charge is 2.38. The highest BCUT2D eigenvalue weighted by molar-refractivity contribution is 5.85. The van der Waals surface area contributed by atoms with E-state index in [1.165, 1.54) is 0 Å². The topological polar surface area (TPSA) is 46.3 Å². The number of hydrogen-bond acceptors (Lipinski definition) is 2. The van der Waals surface area contributed by atoms with Crippen LogP contribution >= 0.6 is 12.4 Å². The van der Waals surface area contributed by atoms with Gasteiger partial charge in [0.1, 0.15) is 0 Å². The minimum Gasteiger partial charge on any atom is -0.342 e. The average molecular weight is 277 g/mol. The molecular formula is C14H29ClN2O. The lowest BCUT2D eigenvalue weighted by Gasteiger charge is -2.44. The first kappa shape index (κ1) is 17.7. The standard InChI is InChI=1S/C14H28N2O.ClH/c1-10(13(2,3)4)12(17)16-8-7-11(15)14(5,6)9-16;/h10-11H,7-9,15H2,1-6H3;1H. The summed E-state index contributed by atoms with van der Waals surface area (Å²) in [4.78, 5) is 14.4. The Bertz CT molecular complexity index is 297. The quantitative estimate of drug-likeness (QED) is 0.800. The Kier molecular flexibility index (Phi) is 5.70. The minimum absolute atomic E-state index is 0. The van der Waals surface area contributed by atoms with Crippen LogP contribution in [0.2, 0.25) is 0 Å². The van der Waals surface area contributed by atoms with Gasteiger partial charge in [0.05, 0.1) is 0 Å². The van der Waals surface area contributed by atoms with Gasteiger partial charge in [0, 0.05) is 25.0 Å². The molecule has 1 amide bonds. The molecule has 0 spiro atoms. The summed E-state index contributed by atoms with van der Waals surface area (Å²) >= 11 is 0. The van der Waals surface area contributed by atoms with Gasteiger partial charge in [0.25, 0.3) is 0 Å². The van der Waals surface area contributed by atoms with Crippen molar-refractivity contribution in [3.8, 4) is 0 Å². The van der Waals surface area contributed by atoms with Gasteiger partial charge >= 0.3 is 0 Å². The number of hydrogen-bond donors (Lipinski definition) is 1. The summed E-state index contributed by atoms with van der Waals surface area (Å²) in [5, 5.41) is 0. The van der Waals surface area contributed by atoms with Crippen LogP contribution in [0.5, 0.6) is 0 Å². The van der Waals surface area contributed by atoms with E-state index in [0.717, 1.165) is 19.5 Å². The van der Waals surface area contributed by atoms with E-state index in [2.05, 4.69) is 34.6 Å². The molecule has 2 unspecified atom stereocenters. The number of nitrogens with zero attached hydrogens (tertiary/aromatic N) is 1. The van der Waals surface area contributed by atoms with Crippen LogP contribution in [0.1, 0.15) is 48.0 Å². The normalized spacial score (nSPS) is 25.3. The van der Waals surface area contributed by atoms with E-state index < -0.39 is 0 Å². The largest absolute Gasteiger partial charge is 0.342 e. The van der Waals surface area contributed by atoms with Gasteiger partial charge in [-0.3, -0.25) is 4.79 Å². The maximum absolute atomic E-state index is 12.4. The van der Waals surface area contributed by atoms with E-state index in [0.29, 0.717) is 0 Å². The molecule has 0 radical (unpaired) electrons. The van der Waals surface area contributed by atoms with Crippen molar-refractivity contribution in [3.63, 3.8) is 0 Å². The Morgan fingerprint density at radius 3 is 2.28 bits per heavy atom. The summed E-state index contributed by atoms with van der Waals surface area (Å²) in [7, 11) is 0. The van der Waals surface area contributed by atoms with E-state index in [4.69, 9.17) is 5.73 Å². The van der Waals surface area contributed by atoms with E-state index in [-0.39, 0.29) is 41.1 Å². The third-order valence-corrected chi connectivity index (χ3v) is 4.29. The van der Waals surface area contributed by atoms with Crippen LogP contribution < -0.4 is 5.73 Å². The Labute approximate surface area is 118 Å². The zero-order valence-corrected chi connectivity index (χ0v) is 13.4. The lowest BCUT2D eigenvalue weighted by molar-refractivity contribution is -0.141. The number of piperidine rings is 1. The first-order chi connectivity index (χ1) is 7.55. The molecule has 0 bridgehead atoms. The molecule has 108 valence electrons. The summed E-state index contributed by atoms with van der Waals surface area (Å²) in [6, 6.07) is 0.205. The van der Waals surface area contributed by atoms with Crippen molar-refractivity contribution < 1.29 is 4.79 Å². The Morgan fingerprint density at radius 1 is 1.39 bits per heavy atom. The van der Waals surface area contributed by atoms with Crippen molar-refractivity contribution in [2.45, 2.75) is 54.0 Å². The van der Waals surface area contributed by atoms with Gasteiger partial charge in [-0.2, -0.15) is 0 Å². The second-order valence-corrected chi connectivity index (χ2v) is 7.23. The van der Waals surface area contributed by atoms with Gasteiger partial charge in [0.15, 0.2) is 0 Å². The number of halogens is 1. The lowest BCUT2D eigenvalue weighted by atomic mass is 9.77. The number of amides is 1. The van der Waals surface area contributed by atoms with E-state index in [1.807, 2.05) is 11.8 Å². The Hall–Kier alpha value is -0.280. The van der Waals surface area contributed by atoms with Gasteiger partial charge < -0.3 is 10.6 Å². The first-order valence-electron chi connectivity index (χ1n) is 6.60. The number of likely N-dealkylation sites (tertiary alicyclic amines) is 1. The van der Waals surface area contributed by atoms with Crippen LogP contribution in [-0.4, -0.2) is 29.9 Å². The van der Waals surface area contributed by atoms with Crippen molar-refractivity contribution in [1.82, 2.24) is 4.90 Å². The molecule has 1 rings (SSSR count). The zero-order chi connectivity index (χ0) is 13.4. The number of nitrogens with two attached hydrogens (primary N) is 1. The van der Waals surface area contributed by atoms with Crippen molar-refractivity contribution in [1.29, 1.82) is 0 Å². The molecule has 0 aromatic heterocycles. The van der Waals surface area contributed by atoms with Crippen LogP contribution in [0.3, 0.4) is 0 Å².